The van der Waals surface area contributed by atoms with Crippen molar-refractivity contribution in [2.45, 2.75) is 64.7 Å². The largest absolute Gasteiger partial charge is 0.462 e. The summed E-state index contributed by atoms with van der Waals surface area (Å²) in [5.41, 5.74) is 0.526. The Balaban J connectivity index is 1.98. The van der Waals surface area contributed by atoms with Crippen LogP contribution in [-0.2, 0) is 4.74 Å². The summed E-state index contributed by atoms with van der Waals surface area (Å²) < 4.78 is 5.25. The summed E-state index contributed by atoms with van der Waals surface area (Å²) in [6.07, 6.45) is 11.3. The van der Waals surface area contributed by atoms with Crippen molar-refractivity contribution in [3.63, 3.8) is 0 Å². The van der Waals surface area contributed by atoms with Crippen LogP contribution in [0.1, 0.15) is 75.1 Å². The van der Waals surface area contributed by atoms with Gasteiger partial charge >= 0.3 is 5.97 Å². The maximum atomic E-state index is 11.8. The first-order valence-corrected chi connectivity index (χ1v) is 8.54. The van der Waals surface area contributed by atoms with Gasteiger partial charge in [-0.1, -0.05) is 76.0 Å². The highest BCUT2D eigenvalue weighted by Gasteiger charge is 2.06. The van der Waals surface area contributed by atoms with Gasteiger partial charge in [-0.15, -0.1) is 0 Å². The summed E-state index contributed by atoms with van der Waals surface area (Å²) in [5, 5.41) is 0.563. The van der Waals surface area contributed by atoms with Gasteiger partial charge in [-0.2, -0.15) is 0 Å². The number of hydrogen-bond acceptors (Lipinski definition) is 2. The van der Waals surface area contributed by atoms with Gasteiger partial charge in [-0.05, 0) is 24.6 Å². The molecule has 118 valence electrons. The first-order valence-electron chi connectivity index (χ1n) is 8.16. The van der Waals surface area contributed by atoms with Gasteiger partial charge < -0.3 is 4.74 Å². The third-order valence-electron chi connectivity index (χ3n) is 3.54. The zero-order valence-electron chi connectivity index (χ0n) is 13.1. The van der Waals surface area contributed by atoms with Crippen molar-refractivity contribution >= 4 is 17.6 Å². The van der Waals surface area contributed by atoms with E-state index in [1.807, 2.05) is 0 Å². The highest BCUT2D eigenvalue weighted by Crippen LogP contribution is 2.12. The average Bonchev–Trinajstić information content (AvgIpc) is 2.49. The van der Waals surface area contributed by atoms with E-state index in [1.165, 1.54) is 44.9 Å². The Kier molecular flexibility index (Phi) is 9.98. The van der Waals surface area contributed by atoms with Crippen molar-refractivity contribution in [2.75, 3.05) is 6.61 Å². The Morgan fingerprint density at radius 1 is 1.00 bits per heavy atom. The number of unbranched alkanes of at least 4 members (excludes halogenated alkanes) is 8. The van der Waals surface area contributed by atoms with Crippen LogP contribution < -0.4 is 0 Å². The molecule has 3 heteroatoms. The summed E-state index contributed by atoms with van der Waals surface area (Å²) in [4.78, 5) is 11.8. The Morgan fingerprint density at radius 2 is 1.62 bits per heavy atom. The fourth-order valence-corrected chi connectivity index (χ4v) is 2.47. The molecule has 0 saturated carbocycles. The fourth-order valence-electron chi connectivity index (χ4n) is 2.28. The maximum Gasteiger partial charge on any atom is 0.338 e. The molecule has 0 bridgehead atoms. The summed E-state index contributed by atoms with van der Waals surface area (Å²) in [7, 11) is 0. The lowest BCUT2D eigenvalue weighted by Crippen LogP contribution is -2.06. The molecule has 0 aromatic heterocycles. The van der Waals surface area contributed by atoms with Gasteiger partial charge in [0.2, 0.25) is 0 Å². The summed E-state index contributed by atoms with van der Waals surface area (Å²) in [5.74, 6) is -0.280. The predicted molar refractivity (Wildman–Crippen MR) is 89.0 cm³/mol. The topological polar surface area (TPSA) is 26.3 Å². The quantitative estimate of drug-likeness (QED) is 0.368. The summed E-state index contributed by atoms with van der Waals surface area (Å²) in [6.45, 7) is 2.74. The standard InChI is InChI=1S/C18H27ClO2/c1-2-3-4-5-6-7-8-9-10-14-21-18(20)16-12-11-13-17(19)15-16/h11-13,15H,2-10,14H2,1H3. The second-order valence-corrected chi connectivity index (χ2v) is 5.91. The number of esters is 1. The van der Waals surface area contributed by atoms with E-state index < -0.39 is 0 Å². The monoisotopic (exact) mass is 310 g/mol. The molecular formula is C18H27ClO2. The third-order valence-corrected chi connectivity index (χ3v) is 3.78. The molecule has 0 atom stereocenters. The summed E-state index contributed by atoms with van der Waals surface area (Å²) in [6, 6.07) is 6.88. The fraction of sp³-hybridized carbons (Fsp3) is 0.611. The molecule has 0 amide bonds. The number of hydrogen-bond donors (Lipinski definition) is 0. The van der Waals surface area contributed by atoms with Crippen LogP contribution in [0.15, 0.2) is 24.3 Å². The van der Waals surface area contributed by atoms with Crippen LogP contribution in [-0.4, -0.2) is 12.6 Å². The van der Waals surface area contributed by atoms with Crippen LogP contribution in [0.5, 0.6) is 0 Å². The first-order chi connectivity index (χ1) is 10.2. The Hall–Kier alpha value is -1.02. The third kappa shape index (κ3) is 8.77. The van der Waals surface area contributed by atoms with Crippen LogP contribution in [0.2, 0.25) is 5.02 Å². The number of carbonyl (C=O) groups is 1. The van der Waals surface area contributed by atoms with Crippen LogP contribution in [0.3, 0.4) is 0 Å². The normalized spacial score (nSPS) is 10.6. The van der Waals surface area contributed by atoms with Crippen molar-refractivity contribution in [3.8, 4) is 0 Å². The SMILES string of the molecule is CCCCCCCCCCCOC(=O)c1cccc(Cl)c1. The van der Waals surface area contributed by atoms with Crippen molar-refractivity contribution in [2.24, 2.45) is 0 Å². The number of rotatable bonds is 11. The molecule has 0 radical (unpaired) electrons. The van der Waals surface area contributed by atoms with Crippen molar-refractivity contribution in [1.29, 1.82) is 0 Å². The number of carbonyl (C=O) groups excluding carboxylic acids is 1. The molecule has 2 nitrogen and oxygen atoms in total. The van der Waals surface area contributed by atoms with E-state index in [4.69, 9.17) is 16.3 Å². The number of benzene rings is 1. The van der Waals surface area contributed by atoms with Crippen molar-refractivity contribution in [1.82, 2.24) is 0 Å². The van der Waals surface area contributed by atoms with Crippen LogP contribution >= 0.6 is 11.6 Å². The Bertz CT molecular complexity index is 404. The molecule has 0 N–H and O–H groups in total. The Morgan fingerprint density at radius 3 is 2.24 bits per heavy atom. The van der Waals surface area contributed by atoms with Gasteiger partial charge in [0.05, 0.1) is 12.2 Å². The lowest BCUT2D eigenvalue weighted by molar-refractivity contribution is 0.0497. The highest BCUT2D eigenvalue weighted by atomic mass is 35.5. The molecule has 0 aliphatic rings. The maximum absolute atomic E-state index is 11.8. The van der Waals surface area contributed by atoms with E-state index in [0.29, 0.717) is 17.2 Å². The molecule has 0 unspecified atom stereocenters. The minimum atomic E-state index is -0.280. The lowest BCUT2D eigenvalue weighted by Gasteiger charge is -2.05. The molecule has 1 aromatic carbocycles. The van der Waals surface area contributed by atoms with Gasteiger partial charge in [-0.3, -0.25) is 0 Å². The molecule has 1 rings (SSSR count). The molecule has 0 aliphatic heterocycles. The van der Waals surface area contributed by atoms with Crippen molar-refractivity contribution < 1.29 is 9.53 Å². The van der Waals surface area contributed by atoms with Crippen LogP contribution in [0, 0.1) is 0 Å². The Labute approximate surface area is 133 Å². The van der Waals surface area contributed by atoms with Gasteiger partial charge in [0.15, 0.2) is 0 Å². The van der Waals surface area contributed by atoms with E-state index in [-0.39, 0.29) is 5.97 Å². The second kappa shape index (κ2) is 11.6. The second-order valence-electron chi connectivity index (χ2n) is 5.47. The molecule has 0 aliphatic carbocycles. The lowest BCUT2D eigenvalue weighted by atomic mass is 10.1. The molecule has 0 saturated heterocycles. The minimum absolute atomic E-state index is 0.280. The van der Waals surface area contributed by atoms with E-state index in [1.54, 1.807) is 24.3 Å². The van der Waals surface area contributed by atoms with Gasteiger partial charge in [0.1, 0.15) is 0 Å². The van der Waals surface area contributed by atoms with Gasteiger partial charge in [0.25, 0.3) is 0 Å². The molecule has 0 spiro atoms. The van der Waals surface area contributed by atoms with Crippen molar-refractivity contribution in [3.05, 3.63) is 34.9 Å². The zero-order valence-corrected chi connectivity index (χ0v) is 13.8. The van der Waals surface area contributed by atoms with Crippen LogP contribution in [0.4, 0.5) is 0 Å². The van der Waals surface area contributed by atoms with E-state index in [9.17, 15) is 4.79 Å². The smallest absolute Gasteiger partial charge is 0.338 e. The zero-order chi connectivity index (χ0) is 15.3. The van der Waals surface area contributed by atoms with Crippen LogP contribution in [0.25, 0.3) is 0 Å². The predicted octanol–water partition coefficient (Wildman–Crippen LogP) is 6.03. The molecule has 0 fully saturated rings. The first kappa shape index (κ1) is 18.0. The molecular weight excluding hydrogens is 284 g/mol. The average molecular weight is 311 g/mol. The van der Waals surface area contributed by atoms with Gasteiger partial charge in [-0.25, -0.2) is 4.79 Å². The van der Waals surface area contributed by atoms with E-state index >= 15 is 0 Å². The van der Waals surface area contributed by atoms with E-state index in [2.05, 4.69) is 6.92 Å². The highest BCUT2D eigenvalue weighted by molar-refractivity contribution is 6.30. The van der Waals surface area contributed by atoms with Gasteiger partial charge in [0, 0.05) is 5.02 Å². The molecule has 21 heavy (non-hydrogen) atoms. The molecule has 0 heterocycles. The number of halogens is 1. The minimum Gasteiger partial charge on any atom is -0.462 e. The van der Waals surface area contributed by atoms with E-state index in [0.717, 1.165) is 12.8 Å². The summed E-state index contributed by atoms with van der Waals surface area (Å²) >= 11 is 5.85. The number of ether oxygens (including phenoxy) is 1. The molecule has 1 aromatic rings.